The molecule has 2 aliphatic rings. The van der Waals surface area contributed by atoms with E-state index in [1.54, 1.807) is 17.0 Å². The number of carbonyl (C=O) groups excluding carboxylic acids is 1. The largest absolute Gasteiger partial charge is 0.438 e. The summed E-state index contributed by atoms with van der Waals surface area (Å²) < 4.78 is 18.7. The lowest BCUT2D eigenvalue weighted by Crippen LogP contribution is -2.39. The minimum atomic E-state index is -0.225. The van der Waals surface area contributed by atoms with Crippen LogP contribution in [0.4, 0.5) is 4.39 Å². The molecule has 1 aromatic heterocycles. The molecule has 0 radical (unpaired) electrons. The molecule has 5 heteroatoms. The first-order valence-electron chi connectivity index (χ1n) is 7.68. The topological polar surface area (TPSA) is 46.3 Å². The number of nitrogens with zero attached hydrogens (tertiary/aromatic N) is 2. The Balaban J connectivity index is 1.64. The number of carbonyl (C=O) groups is 1. The van der Waals surface area contributed by atoms with Gasteiger partial charge in [-0.05, 0) is 49.4 Å². The fraction of sp³-hybridized carbons (Fsp3) is 0.412. The molecule has 4 nitrogen and oxygen atoms in total. The quantitative estimate of drug-likeness (QED) is 0.853. The van der Waals surface area contributed by atoms with Crippen LogP contribution in [0.1, 0.15) is 59.1 Å². The number of aromatic nitrogens is 1. The van der Waals surface area contributed by atoms with Crippen molar-refractivity contribution in [2.24, 2.45) is 0 Å². The predicted octanol–water partition coefficient (Wildman–Crippen LogP) is 3.45. The average Bonchev–Trinajstić information content (AvgIpc) is 3.24. The smallest absolute Gasteiger partial charge is 0.292 e. The first-order valence-corrected chi connectivity index (χ1v) is 7.68. The molecule has 0 spiro atoms. The van der Waals surface area contributed by atoms with Gasteiger partial charge in [-0.25, -0.2) is 9.37 Å². The molecule has 1 saturated carbocycles. The van der Waals surface area contributed by atoms with E-state index >= 15 is 0 Å². The lowest BCUT2D eigenvalue weighted by molar-refractivity contribution is 0.0643. The molecule has 1 unspecified atom stereocenters. The summed E-state index contributed by atoms with van der Waals surface area (Å²) in [5.41, 5.74) is 2.78. The summed E-state index contributed by atoms with van der Waals surface area (Å²) in [6.45, 7) is 2.54. The van der Waals surface area contributed by atoms with Crippen LogP contribution < -0.4 is 0 Å². The average molecular weight is 300 g/mol. The summed E-state index contributed by atoms with van der Waals surface area (Å²) in [6.07, 6.45) is 4.17. The molecule has 1 aromatic carbocycles. The Labute approximate surface area is 127 Å². The number of oxazole rings is 1. The van der Waals surface area contributed by atoms with Crippen LogP contribution >= 0.6 is 0 Å². The van der Waals surface area contributed by atoms with E-state index in [1.165, 1.54) is 12.5 Å². The highest BCUT2D eigenvalue weighted by atomic mass is 19.1. The molecule has 114 valence electrons. The number of fused-ring (bicyclic) bond motifs is 1. The van der Waals surface area contributed by atoms with Crippen molar-refractivity contribution in [3.05, 3.63) is 53.0 Å². The van der Waals surface area contributed by atoms with Crippen LogP contribution in [0.25, 0.3) is 0 Å². The van der Waals surface area contributed by atoms with Crippen molar-refractivity contribution in [1.82, 2.24) is 9.88 Å². The highest BCUT2D eigenvalue weighted by Gasteiger charge is 2.36. The number of rotatable bonds is 2. The Kier molecular flexibility index (Phi) is 3.03. The molecule has 1 fully saturated rings. The fourth-order valence-corrected chi connectivity index (χ4v) is 3.27. The van der Waals surface area contributed by atoms with E-state index in [0.717, 1.165) is 29.7 Å². The van der Waals surface area contributed by atoms with E-state index in [1.807, 2.05) is 6.92 Å². The molecule has 2 aromatic rings. The monoisotopic (exact) mass is 300 g/mol. The Morgan fingerprint density at radius 1 is 1.41 bits per heavy atom. The van der Waals surface area contributed by atoms with Crippen LogP contribution in [0.5, 0.6) is 0 Å². The first kappa shape index (κ1) is 13.5. The second kappa shape index (κ2) is 4.93. The maximum atomic E-state index is 13.3. The Hall–Kier alpha value is -2.17. The third-order valence-corrected chi connectivity index (χ3v) is 4.66. The zero-order valence-electron chi connectivity index (χ0n) is 12.4. The first-order chi connectivity index (χ1) is 10.6. The molecule has 0 bridgehead atoms. The minimum Gasteiger partial charge on any atom is -0.438 e. The highest BCUT2D eigenvalue weighted by Crippen LogP contribution is 2.41. The van der Waals surface area contributed by atoms with Crippen molar-refractivity contribution in [3.8, 4) is 0 Å². The summed E-state index contributed by atoms with van der Waals surface area (Å²) in [4.78, 5) is 18.8. The maximum absolute atomic E-state index is 13.3. The van der Waals surface area contributed by atoms with E-state index in [2.05, 4.69) is 4.98 Å². The van der Waals surface area contributed by atoms with Crippen molar-refractivity contribution < 1.29 is 13.6 Å². The lowest BCUT2D eigenvalue weighted by Gasteiger charge is -2.34. The second-order valence-electron chi connectivity index (χ2n) is 6.11. The fourth-order valence-electron chi connectivity index (χ4n) is 3.27. The van der Waals surface area contributed by atoms with Gasteiger partial charge in [-0.3, -0.25) is 4.79 Å². The number of halogens is 1. The van der Waals surface area contributed by atoms with Crippen LogP contribution in [0.2, 0.25) is 0 Å². The summed E-state index contributed by atoms with van der Waals surface area (Å²) in [5, 5.41) is 0. The number of hydrogen-bond donors (Lipinski definition) is 0. The van der Waals surface area contributed by atoms with Gasteiger partial charge in [0.05, 0.1) is 11.7 Å². The molecule has 1 aliphatic carbocycles. The van der Waals surface area contributed by atoms with E-state index < -0.39 is 0 Å². The zero-order chi connectivity index (χ0) is 15.3. The van der Waals surface area contributed by atoms with E-state index in [4.69, 9.17) is 4.42 Å². The van der Waals surface area contributed by atoms with Gasteiger partial charge in [0, 0.05) is 12.5 Å². The van der Waals surface area contributed by atoms with Crippen LogP contribution in [0.15, 0.2) is 29.0 Å². The van der Waals surface area contributed by atoms with Gasteiger partial charge in [0.25, 0.3) is 5.91 Å². The van der Waals surface area contributed by atoms with Gasteiger partial charge in [0.1, 0.15) is 5.82 Å². The molecule has 1 atom stereocenters. The molecular weight excluding hydrogens is 283 g/mol. The van der Waals surface area contributed by atoms with Crippen molar-refractivity contribution >= 4 is 5.91 Å². The van der Waals surface area contributed by atoms with Crippen LogP contribution in [0, 0.1) is 5.82 Å². The number of amides is 1. The van der Waals surface area contributed by atoms with Crippen LogP contribution in [-0.4, -0.2) is 22.3 Å². The highest BCUT2D eigenvalue weighted by molar-refractivity contribution is 5.93. The standard InChI is InChI=1S/C17H17FN2O2/c1-10-14-5-4-13(18)8-12(14)6-7-20(10)17(21)16-15(11-2-3-11)19-9-22-16/h4-5,8-11H,2-3,6-7H2,1H3. The Morgan fingerprint density at radius 3 is 3.00 bits per heavy atom. The van der Waals surface area contributed by atoms with Gasteiger partial charge in [0.15, 0.2) is 6.39 Å². The Morgan fingerprint density at radius 2 is 2.23 bits per heavy atom. The zero-order valence-corrected chi connectivity index (χ0v) is 12.4. The summed E-state index contributed by atoms with van der Waals surface area (Å²) in [6, 6.07) is 4.70. The van der Waals surface area contributed by atoms with E-state index in [-0.39, 0.29) is 17.8 Å². The molecule has 0 N–H and O–H groups in total. The maximum Gasteiger partial charge on any atom is 0.292 e. The van der Waals surface area contributed by atoms with Crippen molar-refractivity contribution in [2.45, 2.75) is 38.1 Å². The van der Waals surface area contributed by atoms with Gasteiger partial charge < -0.3 is 9.32 Å². The number of hydrogen-bond acceptors (Lipinski definition) is 3. The van der Waals surface area contributed by atoms with E-state index in [0.29, 0.717) is 24.6 Å². The summed E-state index contributed by atoms with van der Waals surface area (Å²) in [7, 11) is 0. The second-order valence-corrected chi connectivity index (χ2v) is 6.11. The van der Waals surface area contributed by atoms with Crippen LogP contribution in [0.3, 0.4) is 0 Å². The summed E-state index contributed by atoms with van der Waals surface area (Å²) >= 11 is 0. The lowest BCUT2D eigenvalue weighted by atomic mass is 9.93. The minimum absolute atomic E-state index is 0.0889. The van der Waals surface area contributed by atoms with Gasteiger partial charge in [0.2, 0.25) is 5.76 Å². The van der Waals surface area contributed by atoms with Gasteiger partial charge in [-0.2, -0.15) is 0 Å². The molecule has 2 heterocycles. The van der Waals surface area contributed by atoms with E-state index in [9.17, 15) is 9.18 Å². The normalized spacial score (nSPS) is 20.8. The third-order valence-electron chi connectivity index (χ3n) is 4.66. The van der Waals surface area contributed by atoms with Crippen molar-refractivity contribution in [3.63, 3.8) is 0 Å². The molecule has 1 aliphatic heterocycles. The van der Waals surface area contributed by atoms with Gasteiger partial charge in [-0.15, -0.1) is 0 Å². The van der Waals surface area contributed by atoms with Crippen molar-refractivity contribution in [1.29, 1.82) is 0 Å². The third kappa shape index (κ3) is 2.12. The molecule has 4 rings (SSSR count). The van der Waals surface area contributed by atoms with Gasteiger partial charge in [-0.1, -0.05) is 6.07 Å². The van der Waals surface area contributed by atoms with Gasteiger partial charge >= 0.3 is 0 Å². The molecule has 0 saturated heterocycles. The van der Waals surface area contributed by atoms with Crippen LogP contribution in [-0.2, 0) is 6.42 Å². The molecule has 22 heavy (non-hydrogen) atoms. The summed E-state index contributed by atoms with van der Waals surface area (Å²) in [5.74, 6) is 0.415. The molecular formula is C17H17FN2O2. The SMILES string of the molecule is CC1c2ccc(F)cc2CCN1C(=O)c1ocnc1C1CC1. The Bertz CT molecular complexity index is 736. The van der Waals surface area contributed by atoms with Crippen molar-refractivity contribution in [2.75, 3.05) is 6.54 Å². The number of benzene rings is 1. The molecule has 1 amide bonds. The predicted molar refractivity (Wildman–Crippen MR) is 78.0 cm³/mol.